The van der Waals surface area contributed by atoms with Gasteiger partial charge >= 0.3 is 0 Å². The van der Waals surface area contributed by atoms with E-state index in [1.807, 2.05) is 0 Å². The smallest absolute Gasteiger partial charge is 0.253 e. The van der Waals surface area contributed by atoms with Gasteiger partial charge in [0.15, 0.2) is 0 Å². The van der Waals surface area contributed by atoms with Crippen LogP contribution >= 0.6 is 0 Å². The highest BCUT2D eigenvalue weighted by atomic mass is 16.3. The van der Waals surface area contributed by atoms with Crippen molar-refractivity contribution in [3.63, 3.8) is 0 Å². The third kappa shape index (κ3) is 4.07. The Morgan fingerprint density at radius 3 is 2.41 bits per heavy atom. The van der Waals surface area contributed by atoms with Crippen molar-refractivity contribution >= 4 is 11.8 Å². The molecule has 2 amide bonds. The number of benzene rings is 1. The maximum absolute atomic E-state index is 12.3. The van der Waals surface area contributed by atoms with Gasteiger partial charge < -0.3 is 15.3 Å². The molecule has 22 heavy (non-hydrogen) atoms. The molecule has 0 saturated heterocycles. The summed E-state index contributed by atoms with van der Waals surface area (Å²) < 4.78 is 0. The Labute approximate surface area is 131 Å². The molecule has 0 unspecified atom stereocenters. The fourth-order valence-electron chi connectivity index (χ4n) is 2.81. The van der Waals surface area contributed by atoms with Crippen LogP contribution < -0.4 is 5.32 Å². The van der Waals surface area contributed by atoms with E-state index in [0.717, 1.165) is 25.7 Å². The fraction of sp³-hybridized carbons (Fsp3) is 0.529. The number of carbonyl (C=O) groups is 2. The van der Waals surface area contributed by atoms with Gasteiger partial charge in [-0.3, -0.25) is 9.59 Å². The zero-order valence-corrected chi connectivity index (χ0v) is 13.2. The SMILES string of the molecule is CN(C)C(=O)c1cccc(C(=O)NC2CCC(CO)CC2)c1. The van der Waals surface area contributed by atoms with E-state index >= 15 is 0 Å². The molecule has 0 bridgehead atoms. The second-order valence-corrected chi connectivity index (χ2v) is 6.15. The second kappa shape index (κ2) is 7.40. The Kier molecular flexibility index (Phi) is 5.55. The zero-order chi connectivity index (χ0) is 16.1. The highest BCUT2D eigenvalue weighted by Gasteiger charge is 2.22. The van der Waals surface area contributed by atoms with Gasteiger partial charge in [0.05, 0.1) is 0 Å². The van der Waals surface area contributed by atoms with Crippen LogP contribution in [0.2, 0.25) is 0 Å². The summed E-state index contributed by atoms with van der Waals surface area (Å²) in [6.07, 6.45) is 3.68. The van der Waals surface area contributed by atoms with Crippen molar-refractivity contribution in [3.8, 4) is 0 Å². The number of carbonyl (C=O) groups excluding carboxylic acids is 2. The average Bonchev–Trinajstić information content (AvgIpc) is 2.54. The van der Waals surface area contributed by atoms with Crippen LogP contribution in [-0.4, -0.2) is 48.6 Å². The lowest BCUT2D eigenvalue weighted by Crippen LogP contribution is -2.38. The van der Waals surface area contributed by atoms with Crippen LogP contribution in [0.5, 0.6) is 0 Å². The van der Waals surface area contributed by atoms with Crippen molar-refractivity contribution in [2.45, 2.75) is 31.7 Å². The quantitative estimate of drug-likeness (QED) is 0.889. The lowest BCUT2D eigenvalue weighted by atomic mass is 9.86. The number of aliphatic hydroxyl groups excluding tert-OH is 1. The summed E-state index contributed by atoms with van der Waals surface area (Å²) in [5.41, 5.74) is 1.03. The summed E-state index contributed by atoms with van der Waals surface area (Å²) in [6, 6.07) is 6.96. The Balaban J connectivity index is 1.98. The number of aliphatic hydroxyl groups is 1. The van der Waals surface area contributed by atoms with Gasteiger partial charge in [-0.05, 0) is 49.8 Å². The first-order valence-electron chi connectivity index (χ1n) is 7.74. The van der Waals surface area contributed by atoms with Crippen molar-refractivity contribution in [1.29, 1.82) is 0 Å². The summed E-state index contributed by atoms with van der Waals surface area (Å²) in [5, 5.41) is 12.2. The molecule has 5 nitrogen and oxygen atoms in total. The number of rotatable bonds is 4. The number of nitrogens with one attached hydrogen (secondary N) is 1. The lowest BCUT2D eigenvalue weighted by Gasteiger charge is -2.28. The van der Waals surface area contributed by atoms with Gasteiger partial charge in [0.2, 0.25) is 0 Å². The van der Waals surface area contributed by atoms with Gasteiger partial charge in [-0.15, -0.1) is 0 Å². The summed E-state index contributed by atoms with van der Waals surface area (Å²) in [7, 11) is 3.38. The molecule has 1 aliphatic carbocycles. The molecular weight excluding hydrogens is 280 g/mol. The van der Waals surface area contributed by atoms with E-state index in [4.69, 9.17) is 5.11 Å². The van der Waals surface area contributed by atoms with Crippen molar-refractivity contribution in [2.24, 2.45) is 5.92 Å². The summed E-state index contributed by atoms with van der Waals surface area (Å²) >= 11 is 0. The third-order valence-electron chi connectivity index (χ3n) is 4.22. The molecule has 0 aliphatic heterocycles. The van der Waals surface area contributed by atoms with Crippen LogP contribution in [0.3, 0.4) is 0 Å². The molecule has 5 heteroatoms. The molecule has 0 radical (unpaired) electrons. The highest BCUT2D eigenvalue weighted by Crippen LogP contribution is 2.24. The maximum Gasteiger partial charge on any atom is 0.253 e. The normalized spacial score (nSPS) is 21.2. The van der Waals surface area contributed by atoms with Crippen molar-refractivity contribution in [3.05, 3.63) is 35.4 Å². The molecule has 1 aromatic rings. The van der Waals surface area contributed by atoms with E-state index < -0.39 is 0 Å². The molecule has 0 heterocycles. The zero-order valence-electron chi connectivity index (χ0n) is 13.2. The van der Waals surface area contributed by atoms with Crippen LogP contribution in [0.25, 0.3) is 0 Å². The lowest BCUT2D eigenvalue weighted by molar-refractivity contribution is 0.0827. The van der Waals surface area contributed by atoms with Crippen LogP contribution in [-0.2, 0) is 0 Å². The van der Waals surface area contributed by atoms with E-state index in [1.165, 1.54) is 4.90 Å². The van der Waals surface area contributed by atoms with Crippen LogP contribution in [0.1, 0.15) is 46.4 Å². The minimum Gasteiger partial charge on any atom is -0.396 e. The van der Waals surface area contributed by atoms with Gasteiger partial charge in [-0.2, -0.15) is 0 Å². The maximum atomic E-state index is 12.3. The predicted molar refractivity (Wildman–Crippen MR) is 84.8 cm³/mol. The molecule has 1 saturated carbocycles. The minimum absolute atomic E-state index is 0.113. The first kappa shape index (κ1) is 16.5. The van der Waals surface area contributed by atoms with Gasteiger partial charge in [0.25, 0.3) is 11.8 Å². The standard InChI is InChI=1S/C17H24N2O3/c1-19(2)17(22)14-5-3-4-13(10-14)16(21)18-15-8-6-12(11-20)7-9-15/h3-5,10,12,15,20H,6-9,11H2,1-2H3,(H,18,21). The topological polar surface area (TPSA) is 69.6 Å². The first-order valence-corrected chi connectivity index (χ1v) is 7.74. The summed E-state index contributed by atoms with van der Waals surface area (Å²) in [5.74, 6) is 0.119. The van der Waals surface area contributed by atoms with E-state index in [9.17, 15) is 9.59 Å². The Morgan fingerprint density at radius 1 is 1.18 bits per heavy atom. The van der Waals surface area contributed by atoms with E-state index in [1.54, 1.807) is 38.4 Å². The highest BCUT2D eigenvalue weighted by molar-refractivity contribution is 5.99. The fourth-order valence-corrected chi connectivity index (χ4v) is 2.81. The average molecular weight is 304 g/mol. The molecule has 120 valence electrons. The summed E-state index contributed by atoms with van der Waals surface area (Å²) in [4.78, 5) is 25.8. The number of nitrogens with zero attached hydrogens (tertiary/aromatic N) is 1. The number of hydrogen-bond acceptors (Lipinski definition) is 3. The van der Waals surface area contributed by atoms with Gasteiger partial charge in [-0.1, -0.05) is 6.07 Å². The number of hydrogen-bond donors (Lipinski definition) is 2. The Bertz CT molecular complexity index is 534. The molecule has 0 aromatic heterocycles. The van der Waals surface area contributed by atoms with Crippen LogP contribution in [0.15, 0.2) is 24.3 Å². The second-order valence-electron chi connectivity index (χ2n) is 6.15. The third-order valence-corrected chi connectivity index (χ3v) is 4.22. The molecular formula is C17H24N2O3. The van der Waals surface area contributed by atoms with Crippen molar-refractivity contribution in [2.75, 3.05) is 20.7 Å². The van der Waals surface area contributed by atoms with Gasteiger partial charge in [0, 0.05) is 37.9 Å². The van der Waals surface area contributed by atoms with E-state index in [-0.39, 0.29) is 24.5 Å². The van der Waals surface area contributed by atoms with E-state index in [2.05, 4.69) is 5.32 Å². The largest absolute Gasteiger partial charge is 0.396 e. The molecule has 2 N–H and O–H groups in total. The van der Waals surface area contributed by atoms with E-state index in [0.29, 0.717) is 17.0 Å². The van der Waals surface area contributed by atoms with Gasteiger partial charge in [0.1, 0.15) is 0 Å². The first-order chi connectivity index (χ1) is 10.5. The molecule has 0 atom stereocenters. The number of amides is 2. The van der Waals surface area contributed by atoms with Gasteiger partial charge in [-0.25, -0.2) is 0 Å². The molecule has 1 aliphatic rings. The monoisotopic (exact) mass is 304 g/mol. The molecule has 1 aromatic carbocycles. The molecule has 1 fully saturated rings. The van der Waals surface area contributed by atoms with Crippen LogP contribution in [0.4, 0.5) is 0 Å². The predicted octanol–water partition coefficient (Wildman–Crippen LogP) is 1.67. The Morgan fingerprint density at radius 2 is 1.82 bits per heavy atom. The van der Waals surface area contributed by atoms with Crippen molar-refractivity contribution in [1.82, 2.24) is 10.2 Å². The molecule has 0 spiro atoms. The molecule has 2 rings (SSSR count). The van der Waals surface area contributed by atoms with Crippen LogP contribution in [0, 0.1) is 5.92 Å². The summed E-state index contributed by atoms with van der Waals surface area (Å²) in [6.45, 7) is 0.232. The van der Waals surface area contributed by atoms with Crippen molar-refractivity contribution < 1.29 is 14.7 Å². The Hall–Kier alpha value is -1.88. The minimum atomic E-state index is -0.138.